The molecule has 33 heavy (non-hydrogen) atoms. The van der Waals surface area contributed by atoms with E-state index in [-0.39, 0.29) is 29.6 Å². The summed E-state index contributed by atoms with van der Waals surface area (Å²) in [6.07, 6.45) is 1.02. The summed E-state index contributed by atoms with van der Waals surface area (Å²) < 4.78 is 12.2. The van der Waals surface area contributed by atoms with E-state index in [1.54, 1.807) is 31.4 Å². The van der Waals surface area contributed by atoms with Crippen LogP contribution < -0.4 is 15.6 Å². The second-order valence-electron chi connectivity index (χ2n) is 8.69. The van der Waals surface area contributed by atoms with Gasteiger partial charge in [-0.15, -0.1) is 0 Å². The number of esters is 1. The van der Waals surface area contributed by atoms with E-state index in [4.69, 9.17) is 9.47 Å². The first-order valence-corrected chi connectivity index (χ1v) is 11.0. The van der Waals surface area contributed by atoms with Crippen molar-refractivity contribution in [3.05, 3.63) is 58.1 Å². The van der Waals surface area contributed by atoms with Gasteiger partial charge >= 0.3 is 5.97 Å². The van der Waals surface area contributed by atoms with E-state index in [9.17, 15) is 14.4 Å². The molecule has 9 heteroatoms. The molecule has 172 valence electrons. The Kier molecular flexibility index (Phi) is 5.41. The van der Waals surface area contributed by atoms with E-state index in [0.29, 0.717) is 41.3 Å². The van der Waals surface area contributed by atoms with Crippen molar-refractivity contribution in [1.82, 2.24) is 14.5 Å². The number of ether oxygens (including phenoxy) is 2. The van der Waals surface area contributed by atoms with Crippen LogP contribution in [0.25, 0.3) is 10.9 Å². The summed E-state index contributed by atoms with van der Waals surface area (Å²) in [6.45, 7) is 2.31. The van der Waals surface area contributed by atoms with Crippen LogP contribution in [0.2, 0.25) is 0 Å². The predicted molar refractivity (Wildman–Crippen MR) is 123 cm³/mol. The van der Waals surface area contributed by atoms with E-state index in [1.807, 2.05) is 16.7 Å². The van der Waals surface area contributed by atoms with E-state index < -0.39 is 5.97 Å². The SMILES string of the molecule is COC(=O)c1[nH]c2cccc(OC)c2c1NC(=O)CN1CC2CC(C1)c1cccc(=O)n1C2. The fourth-order valence-corrected chi connectivity index (χ4v) is 5.27. The van der Waals surface area contributed by atoms with Gasteiger partial charge < -0.3 is 24.3 Å². The molecule has 2 bridgehead atoms. The van der Waals surface area contributed by atoms with Gasteiger partial charge in [0.2, 0.25) is 5.91 Å². The molecule has 0 saturated carbocycles. The third-order valence-corrected chi connectivity index (χ3v) is 6.58. The highest BCUT2D eigenvalue weighted by atomic mass is 16.5. The Morgan fingerprint density at radius 2 is 1.94 bits per heavy atom. The average Bonchev–Trinajstić information content (AvgIpc) is 3.17. The van der Waals surface area contributed by atoms with Crippen LogP contribution in [0.3, 0.4) is 0 Å². The van der Waals surface area contributed by atoms with Crippen LogP contribution in [0.15, 0.2) is 41.2 Å². The number of H-pyrrole nitrogens is 1. The number of hydrogen-bond donors (Lipinski definition) is 2. The molecule has 1 saturated heterocycles. The Labute approximate surface area is 190 Å². The number of fused-ring (bicyclic) bond motifs is 5. The molecule has 0 radical (unpaired) electrons. The number of aromatic amines is 1. The van der Waals surface area contributed by atoms with Crippen LogP contribution in [0.1, 0.15) is 28.5 Å². The van der Waals surface area contributed by atoms with Gasteiger partial charge in [-0.05, 0) is 30.5 Å². The van der Waals surface area contributed by atoms with Gasteiger partial charge in [-0.2, -0.15) is 0 Å². The summed E-state index contributed by atoms with van der Waals surface area (Å²) in [5.74, 6) is 0.292. The lowest BCUT2D eigenvalue weighted by Gasteiger charge is -2.42. The van der Waals surface area contributed by atoms with Crippen molar-refractivity contribution in [1.29, 1.82) is 0 Å². The Balaban J connectivity index is 1.38. The summed E-state index contributed by atoms with van der Waals surface area (Å²) in [4.78, 5) is 42.9. The average molecular weight is 450 g/mol. The number of nitrogens with zero attached hydrogens (tertiary/aromatic N) is 2. The Morgan fingerprint density at radius 1 is 1.12 bits per heavy atom. The number of carbonyl (C=O) groups excluding carboxylic acids is 2. The standard InChI is InChI=1S/C24H26N4O5/c1-32-18-7-3-5-16-21(18)22(23(25-16)24(31)33-2)26-19(29)13-27-10-14-9-15(12-27)17-6-4-8-20(30)28(17)11-14/h3-8,14-15,25H,9-13H2,1-2H3,(H,26,29). The highest BCUT2D eigenvalue weighted by Gasteiger charge is 2.35. The Hall–Kier alpha value is -3.59. The molecule has 9 nitrogen and oxygen atoms in total. The minimum absolute atomic E-state index is 0.0389. The lowest BCUT2D eigenvalue weighted by atomic mass is 9.83. The number of amides is 1. The van der Waals surface area contributed by atoms with Gasteiger partial charge in [0.15, 0.2) is 0 Å². The number of nitrogens with one attached hydrogen (secondary N) is 2. The minimum Gasteiger partial charge on any atom is -0.496 e. The second-order valence-corrected chi connectivity index (χ2v) is 8.69. The summed E-state index contributed by atoms with van der Waals surface area (Å²) in [6, 6.07) is 10.8. The van der Waals surface area contributed by atoms with Gasteiger partial charge in [-0.1, -0.05) is 12.1 Å². The topological polar surface area (TPSA) is 106 Å². The van der Waals surface area contributed by atoms with Crippen LogP contribution in [0.4, 0.5) is 5.69 Å². The van der Waals surface area contributed by atoms with Gasteiger partial charge in [-0.25, -0.2) is 4.79 Å². The zero-order chi connectivity index (χ0) is 23.1. The number of carbonyl (C=O) groups is 2. The van der Waals surface area contributed by atoms with Gasteiger partial charge in [0, 0.05) is 37.3 Å². The number of methoxy groups -OCH3 is 2. The molecular weight excluding hydrogens is 424 g/mol. The van der Waals surface area contributed by atoms with Crippen molar-refractivity contribution in [3.8, 4) is 5.75 Å². The highest BCUT2D eigenvalue weighted by Crippen LogP contribution is 2.37. The maximum Gasteiger partial charge on any atom is 0.356 e. The smallest absolute Gasteiger partial charge is 0.356 e. The molecule has 2 atom stereocenters. The second kappa shape index (κ2) is 8.40. The molecule has 2 aromatic heterocycles. The number of rotatable bonds is 5. The first kappa shape index (κ1) is 21.3. The molecule has 2 aliphatic rings. The maximum absolute atomic E-state index is 13.1. The number of hydrogen-bond acceptors (Lipinski definition) is 6. The molecule has 4 heterocycles. The van der Waals surface area contributed by atoms with Gasteiger partial charge in [0.25, 0.3) is 5.56 Å². The number of benzene rings is 1. The van der Waals surface area contributed by atoms with Gasteiger partial charge in [-0.3, -0.25) is 14.5 Å². The molecule has 2 N–H and O–H groups in total. The van der Waals surface area contributed by atoms with Crippen molar-refractivity contribution < 1.29 is 19.1 Å². The van der Waals surface area contributed by atoms with Crippen molar-refractivity contribution >= 4 is 28.5 Å². The molecule has 0 spiro atoms. The van der Waals surface area contributed by atoms with Crippen molar-refractivity contribution in [2.45, 2.75) is 18.9 Å². The van der Waals surface area contributed by atoms with E-state index in [2.05, 4.69) is 15.2 Å². The zero-order valence-electron chi connectivity index (χ0n) is 18.6. The van der Waals surface area contributed by atoms with E-state index in [1.165, 1.54) is 7.11 Å². The molecule has 2 aliphatic heterocycles. The third kappa shape index (κ3) is 3.78. The lowest BCUT2D eigenvalue weighted by molar-refractivity contribution is -0.117. The number of piperidine rings is 1. The van der Waals surface area contributed by atoms with Crippen molar-refractivity contribution in [3.63, 3.8) is 0 Å². The lowest BCUT2D eigenvalue weighted by Crippen LogP contribution is -2.49. The van der Waals surface area contributed by atoms with E-state index >= 15 is 0 Å². The number of anilines is 1. The molecule has 0 aliphatic carbocycles. The summed E-state index contributed by atoms with van der Waals surface area (Å²) in [7, 11) is 2.84. The molecule has 3 aromatic rings. The summed E-state index contributed by atoms with van der Waals surface area (Å²) in [5, 5.41) is 3.54. The van der Waals surface area contributed by atoms with Gasteiger partial charge in [0.05, 0.1) is 37.4 Å². The monoisotopic (exact) mass is 450 g/mol. The maximum atomic E-state index is 13.1. The molecule has 1 aromatic carbocycles. The largest absolute Gasteiger partial charge is 0.496 e. The summed E-state index contributed by atoms with van der Waals surface area (Å²) in [5.41, 5.74) is 2.28. The number of likely N-dealkylation sites (tertiary alicyclic amines) is 1. The predicted octanol–water partition coefficient (Wildman–Crippen LogP) is 2.18. The Morgan fingerprint density at radius 3 is 2.73 bits per heavy atom. The highest BCUT2D eigenvalue weighted by molar-refractivity contribution is 6.13. The number of aromatic nitrogens is 2. The first-order valence-electron chi connectivity index (χ1n) is 11.0. The van der Waals surface area contributed by atoms with E-state index in [0.717, 1.165) is 18.7 Å². The van der Waals surface area contributed by atoms with Gasteiger partial charge in [0.1, 0.15) is 11.4 Å². The Bertz CT molecular complexity index is 1290. The quantitative estimate of drug-likeness (QED) is 0.578. The normalized spacial score (nSPS) is 19.7. The summed E-state index contributed by atoms with van der Waals surface area (Å²) >= 11 is 0. The van der Waals surface area contributed by atoms with Crippen molar-refractivity contribution in [2.24, 2.45) is 5.92 Å². The van der Waals surface area contributed by atoms with Crippen molar-refractivity contribution in [2.75, 3.05) is 39.2 Å². The fourth-order valence-electron chi connectivity index (χ4n) is 5.27. The first-order chi connectivity index (χ1) is 16.0. The minimum atomic E-state index is -0.571. The molecule has 1 amide bonds. The molecule has 1 fully saturated rings. The number of pyridine rings is 1. The zero-order valence-corrected chi connectivity index (χ0v) is 18.6. The van der Waals surface area contributed by atoms with Crippen LogP contribution in [-0.4, -0.2) is 60.2 Å². The fraction of sp³-hybridized carbons (Fsp3) is 0.375. The van der Waals surface area contributed by atoms with Crippen LogP contribution >= 0.6 is 0 Å². The van der Waals surface area contributed by atoms with Crippen LogP contribution in [0.5, 0.6) is 5.75 Å². The van der Waals surface area contributed by atoms with Crippen LogP contribution in [-0.2, 0) is 16.1 Å². The molecule has 2 unspecified atom stereocenters. The molecular formula is C24H26N4O5. The van der Waals surface area contributed by atoms with Crippen LogP contribution in [0, 0.1) is 5.92 Å². The third-order valence-electron chi connectivity index (χ3n) is 6.58. The molecule has 5 rings (SSSR count).